The average Bonchev–Trinajstić information content (AvgIpc) is 2.56. The van der Waals surface area contributed by atoms with Crippen LogP contribution in [0.25, 0.3) is 0 Å². The fourth-order valence-corrected chi connectivity index (χ4v) is 2.59. The molecule has 4 heteroatoms. The third-order valence-electron chi connectivity index (χ3n) is 4.17. The lowest BCUT2D eigenvalue weighted by Crippen LogP contribution is -2.07. The van der Waals surface area contributed by atoms with Crippen LogP contribution in [-0.2, 0) is 11.3 Å². The fraction of sp³-hybridized carbons (Fsp3) is 0.368. The lowest BCUT2D eigenvalue weighted by atomic mass is 10.1. The molecule has 0 aliphatic rings. The highest BCUT2D eigenvalue weighted by molar-refractivity contribution is 6.31. The van der Waals surface area contributed by atoms with Crippen LogP contribution >= 0.6 is 11.6 Å². The van der Waals surface area contributed by atoms with E-state index in [1.54, 1.807) is 7.11 Å². The summed E-state index contributed by atoms with van der Waals surface area (Å²) in [7, 11) is 3.63. The highest BCUT2D eigenvalue weighted by Gasteiger charge is 2.13. The first kappa shape index (κ1) is 17.8. The smallest absolute Gasteiger partial charge is 0.132 e. The van der Waals surface area contributed by atoms with Gasteiger partial charge in [-0.05, 0) is 62.7 Å². The minimum atomic E-state index is 0.0223. The summed E-state index contributed by atoms with van der Waals surface area (Å²) in [6.45, 7) is 6.79. The van der Waals surface area contributed by atoms with Gasteiger partial charge < -0.3 is 14.8 Å². The van der Waals surface area contributed by atoms with Crippen molar-refractivity contribution in [2.75, 3.05) is 14.2 Å². The molecule has 0 fully saturated rings. The molecule has 0 radical (unpaired) electrons. The average molecular weight is 334 g/mol. The van der Waals surface area contributed by atoms with Crippen LogP contribution in [0.2, 0.25) is 5.02 Å². The third-order valence-corrected chi connectivity index (χ3v) is 4.58. The van der Waals surface area contributed by atoms with Gasteiger partial charge in [0.15, 0.2) is 0 Å². The predicted molar refractivity (Wildman–Crippen MR) is 95.6 cm³/mol. The highest BCUT2D eigenvalue weighted by atomic mass is 35.5. The molecule has 124 valence electrons. The Hall–Kier alpha value is -1.55. The number of hydrogen-bond donors (Lipinski definition) is 1. The maximum Gasteiger partial charge on any atom is 0.132 e. The monoisotopic (exact) mass is 333 g/mol. The van der Waals surface area contributed by atoms with Crippen LogP contribution in [0.4, 0.5) is 0 Å². The molecule has 0 spiro atoms. The van der Waals surface area contributed by atoms with E-state index in [1.807, 2.05) is 46.0 Å². The molecule has 0 amide bonds. The summed E-state index contributed by atoms with van der Waals surface area (Å²) in [4.78, 5) is 0. The summed E-state index contributed by atoms with van der Waals surface area (Å²) in [5, 5.41) is 3.93. The minimum absolute atomic E-state index is 0.0223. The van der Waals surface area contributed by atoms with Gasteiger partial charge in [-0.2, -0.15) is 0 Å². The molecule has 1 N–H and O–H groups in total. The molecule has 1 unspecified atom stereocenters. The Balaban J connectivity index is 2.42. The molecule has 0 aliphatic heterocycles. The molecular weight excluding hydrogens is 310 g/mol. The van der Waals surface area contributed by atoms with Gasteiger partial charge in [0.2, 0.25) is 0 Å². The van der Waals surface area contributed by atoms with Crippen molar-refractivity contribution in [3.63, 3.8) is 0 Å². The lowest BCUT2D eigenvalue weighted by molar-refractivity contribution is 0.119. The Bertz CT molecular complexity index is 685. The number of rotatable bonds is 6. The Labute approximate surface area is 143 Å². The van der Waals surface area contributed by atoms with Crippen molar-refractivity contribution in [2.24, 2.45) is 0 Å². The van der Waals surface area contributed by atoms with Crippen molar-refractivity contribution < 1.29 is 9.47 Å². The Morgan fingerprint density at radius 2 is 1.83 bits per heavy atom. The van der Waals surface area contributed by atoms with Crippen LogP contribution < -0.4 is 10.1 Å². The zero-order valence-electron chi connectivity index (χ0n) is 14.4. The van der Waals surface area contributed by atoms with Crippen molar-refractivity contribution >= 4 is 11.6 Å². The quantitative estimate of drug-likeness (QED) is 0.790. The molecule has 0 saturated heterocycles. The molecule has 3 nitrogen and oxygen atoms in total. The first-order chi connectivity index (χ1) is 11.0. The van der Waals surface area contributed by atoms with Crippen LogP contribution in [0.1, 0.15) is 35.3 Å². The molecule has 0 bridgehead atoms. The summed E-state index contributed by atoms with van der Waals surface area (Å²) in [5.41, 5.74) is 4.29. The second-order valence-electron chi connectivity index (χ2n) is 5.67. The van der Waals surface area contributed by atoms with E-state index in [-0.39, 0.29) is 6.10 Å². The molecule has 0 heterocycles. The number of hydrogen-bond acceptors (Lipinski definition) is 3. The number of halogens is 1. The van der Waals surface area contributed by atoms with Gasteiger partial charge in [-0.25, -0.2) is 0 Å². The zero-order valence-corrected chi connectivity index (χ0v) is 15.1. The molecule has 23 heavy (non-hydrogen) atoms. The summed E-state index contributed by atoms with van der Waals surface area (Å²) < 4.78 is 11.6. The molecule has 2 rings (SSSR count). The second-order valence-corrected chi connectivity index (χ2v) is 6.08. The maximum atomic E-state index is 6.21. The zero-order chi connectivity index (χ0) is 17.0. The maximum absolute atomic E-state index is 6.21. The minimum Gasteiger partial charge on any atom is -0.457 e. The Morgan fingerprint density at radius 3 is 2.48 bits per heavy atom. The summed E-state index contributed by atoms with van der Waals surface area (Å²) in [5.74, 6) is 1.66. The largest absolute Gasteiger partial charge is 0.457 e. The van der Waals surface area contributed by atoms with E-state index >= 15 is 0 Å². The summed E-state index contributed by atoms with van der Waals surface area (Å²) >= 11 is 6.17. The normalized spacial score (nSPS) is 12.3. The highest BCUT2D eigenvalue weighted by Crippen LogP contribution is 2.34. The molecule has 1 atom stereocenters. The van der Waals surface area contributed by atoms with E-state index in [9.17, 15) is 0 Å². The Morgan fingerprint density at radius 1 is 1.09 bits per heavy atom. The van der Waals surface area contributed by atoms with Crippen LogP contribution in [0.3, 0.4) is 0 Å². The first-order valence-corrected chi connectivity index (χ1v) is 8.09. The van der Waals surface area contributed by atoms with E-state index in [4.69, 9.17) is 21.1 Å². The molecule has 0 aliphatic carbocycles. The first-order valence-electron chi connectivity index (χ1n) is 7.71. The van der Waals surface area contributed by atoms with Gasteiger partial charge in [0.05, 0.1) is 6.10 Å². The van der Waals surface area contributed by atoms with Crippen LogP contribution in [0.5, 0.6) is 11.5 Å². The predicted octanol–water partition coefficient (Wildman–Crippen LogP) is 5.18. The third kappa shape index (κ3) is 4.05. The molecular formula is C19H24ClNO2. The van der Waals surface area contributed by atoms with E-state index < -0.39 is 0 Å². The fourth-order valence-electron chi connectivity index (χ4n) is 2.38. The van der Waals surface area contributed by atoms with Crippen molar-refractivity contribution in [3.8, 4) is 11.5 Å². The topological polar surface area (TPSA) is 30.5 Å². The van der Waals surface area contributed by atoms with Crippen LogP contribution in [0, 0.1) is 13.8 Å². The van der Waals surface area contributed by atoms with Crippen molar-refractivity contribution in [3.05, 3.63) is 57.6 Å². The van der Waals surface area contributed by atoms with Gasteiger partial charge in [-0.3, -0.25) is 0 Å². The van der Waals surface area contributed by atoms with E-state index in [0.717, 1.165) is 45.3 Å². The summed E-state index contributed by atoms with van der Waals surface area (Å²) in [6.07, 6.45) is 0.0223. The molecule has 2 aromatic carbocycles. The van der Waals surface area contributed by atoms with Gasteiger partial charge >= 0.3 is 0 Å². The summed E-state index contributed by atoms with van der Waals surface area (Å²) in [6, 6.07) is 9.99. The SMILES string of the molecule is CNCc1ccc(C(C)OC)cc1Oc1ccc(Cl)c(C)c1C. The lowest BCUT2D eigenvalue weighted by Gasteiger charge is -2.17. The van der Waals surface area contributed by atoms with E-state index in [1.165, 1.54) is 0 Å². The van der Waals surface area contributed by atoms with Gasteiger partial charge in [-0.1, -0.05) is 23.7 Å². The number of benzene rings is 2. The molecule has 0 saturated carbocycles. The number of methoxy groups -OCH3 is 1. The van der Waals surface area contributed by atoms with Gasteiger partial charge in [0.1, 0.15) is 11.5 Å². The van der Waals surface area contributed by atoms with Gasteiger partial charge in [0, 0.05) is 24.2 Å². The molecule has 0 aromatic heterocycles. The molecule has 2 aromatic rings. The number of ether oxygens (including phenoxy) is 2. The van der Waals surface area contributed by atoms with Crippen molar-refractivity contribution in [1.29, 1.82) is 0 Å². The van der Waals surface area contributed by atoms with Crippen LogP contribution in [-0.4, -0.2) is 14.2 Å². The van der Waals surface area contributed by atoms with Crippen LogP contribution in [0.15, 0.2) is 30.3 Å². The van der Waals surface area contributed by atoms with E-state index in [2.05, 4.69) is 17.4 Å². The second kappa shape index (κ2) is 7.82. The Kier molecular flexibility index (Phi) is 6.05. The van der Waals surface area contributed by atoms with Crippen molar-refractivity contribution in [2.45, 2.75) is 33.4 Å². The van der Waals surface area contributed by atoms with Gasteiger partial charge in [-0.15, -0.1) is 0 Å². The standard InChI is InChI=1S/C19H24ClNO2/c1-12-13(2)18(9-8-17(12)20)23-19-10-15(14(3)22-5)6-7-16(19)11-21-4/h6-10,14,21H,11H2,1-5H3. The van der Waals surface area contributed by atoms with E-state index in [0.29, 0.717) is 0 Å². The van der Waals surface area contributed by atoms with Gasteiger partial charge in [0.25, 0.3) is 0 Å². The number of nitrogens with one attached hydrogen (secondary N) is 1. The van der Waals surface area contributed by atoms with Crippen molar-refractivity contribution in [1.82, 2.24) is 5.32 Å².